The highest BCUT2D eigenvalue weighted by Crippen LogP contribution is 2.62. The van der Waals surface area contributed by atoms with Crippen LogP contribution in [-0.2, 0) is 37.4 Å². The van der Waals surface area contributed by atoms with E-state index in [1.54, 1.807) is 6.66 Å². The second kappa shape index (κ2) is 17.7. The zero-order valence-corrected chi connectivity index (χ0v) is 22.5. The van der Waals surface area contributed by atoms with Crippen LogP contribution in [-0.4, -0.2) is 154 Å². The summed E-state index contributed by atoms with van der Waals surface area (Å²) in [6, 6.07) is -1.28. The first-order chi connectivity index (χ1) is 17.0. The van der Waals surface area contributed by atoms with Gasteiger partial charge in [-0.25, -0.2) is 4.57 Å². The highest BCUT2D eigenvalue weighted by Gasteiger charge is 2.31. The minimum absolute atomic E-state index is 0.0405. The Bertz CT molecular complexity index is 821. The lowest BCUT2D eigenvalue weighted by molar-refractivity contribution is -0.145. The maximum Gasteiger partial charge on any atom is 0.474 e. The average Bonchev–Trinajstić information content (AvgIpc) is 2.71. The maximum absolute atomic E-state index is 12.2. The second-order valence-electron chi connectivity index (χ2n) is 7.37. The van der Waals surface area contributed by atoms with Crippen molar-refractivity contribution in [3.8, 4) is 0 Å². The summed E-state index contributed by atoms with van der Waals surface area (Å²) in [5.74, 6) is -6.94. The van der Waals surface area contributed by atoms with E-state index in [1.807, 2.05) is 0 Å². The summed E-state index contributed by atoms with van der Waals surface area (Å²) in [6.45, 7) is -3.83. The first-order valence-electron chi connectivity index (χ1n) is 10.2. The number of carboxylic acid groups (broad SMARTS) is 5. The Morgan fingerprint density at radius 1 is 0.838 bits per heavy atom. The van der Waals surface area contributed by atoms with Crippen molar-refractivity contribution in [2.24, 2.45) is 0 Å². The molecule has 0 rings (SSSR count). The molecule has 4 unspecified atom stereocenters. The van der Waals surface area contributed by atoms with Gasteiger partial charge in [0.15, 0.2) is 7.57 Å². The van der Waals surface area contributed by atoms with E-state index in [1.165, 1.54) is 0 Å². The van der Waals surface area contributed by atoms with Crippen LogP contribution in [0, 0.1) is 0 Å². The molecule has 210 valence electrons. The fraction of sp³-hybridized carbons (Fsp3) is 0.688. The van der Waals surface area contributed by atoms with E-state index in [-0.39, 0.29) is 21.4 Å². The third-order valence-corrected chi connectivity index (χ3v) is 8.82. The fourth-order valence-corrected chi connectivity index (χ4v) is 6.32. The van der Waals surface area contributed by atoms with Crippen LogP contribution in [0.2, 0.25) is 0 Å². The predicted octanol–water partition coefficient (Wildman–Crippen LogP) is -1.48. The molecule has 0 bridgehead atoms. The molecule has 0 saturated carbocycles. The van der Waals surface area contributed by atoms with Gasteiger partial charge in [-0.05, 0) is 6.66 Å². The summed E-state index contributed by atoms with van der Waals surface area (Å²) in [4.78, 5) is 69.0. The van der Waals surface area contributed by atoms with Crippen molar-refractivity contribution in [3.05, 3.63) is 0 Å². The van der Waals surface area contributed by atoms with Crippen molar-refractivity contribution in [1.82, 2.24) is 14.7 Å². The van der Waals surface area contributed by atoms with Crippen molar-refractivity contribution < 1.29 is 67.8 Å². The molecule has 0 aromatic rings. The lowest BCUT2D eigenvalue weighted by atomic mass is 10.2. The summed E-state index contributed by atoms with van der Waals surface area (Å²) >= 11 is 0. The van der Waals surface area contributed by atoms with E-state index in [9.17, 15) is 48.8 Å². The first-order valence-corrected chi connectivity index (χ1v) is 15.4. The lowest BCUT2D eigenvalue weighted by Gasteiger charge is -2.34. The Kier molecular flexibility index (Phi) is 16.9. The number of phosphoric acid groups is 1. The number of carbonyl (C=O) groups is 5. The van der Waals surface area contributed by atoms with E-state index in [2.05, 4.69) is 0 Å². The van der Waals surface area contributed by atoms with E-state index < -0.39 is 97.3 Å². The monoisotopic (exact) mass is 591 g/mol. The SMILES string of the molecule is [B]P(OP(=O)(O)OCC(CN(CCN(CC(=O)O)CC(=O)O)CC(=O)O)N(CC(=O)O)CC(=O)O)PC. The molecule has 0 fully saturated rings. The summed E-state index contributed by atoms with van der Waals surface area (Å²) in [5.41, 5.74) is 0. The minimum atomic E-state index is -4.75. The maximum atomic E-state index is 12.2. The minimum Gasteiger partial charge on any atom is -0.480 e. The highest BCUT2D eigenvalue weighted by atomic mass is 32.1. The molecule has 0 amide bonds. The van der Waals surface area contributed by atoms with Crippen LogP contribution in [0.5, 0.6) is 0 Å². The molecule has 0 aromatic heterocycles. The Balaban J connectivity index is 5.89. The van der Waals surface area contributed by atoms with E-state index in [0.29, 0.717) is 0 Å². The number of aliphatic carboxylic acids is 5. The van der Waals surface area contributed by atoms with Crippen molar-refractivity contribution in [2.75, 3.05) is 65.6 Å². The van der Waals surface area contributed by atoms with Gasteiger partial charge in [0.25, 0.3) is 0 Å². The smallest absolute Gasteiger partial charge is 0.474 e. The predicted molar refractivity (Wildman–Crippen MR) is 130 cm³/mol. The van der Waals surface area contributed by atoms with Gasteiger partial charge in [0, 0.05) is 33.4 Å². The molecule has 0 spiro atoms. The van der Waals surface area contributed by atoms with Gasteiger partial charge in [-0.3, -0.25) is 47.5 Å². The van der Waals surface area contributed by atoms with Crippen molar-refractivity contribution in [3.63, 3.8) is 0 Å². The number of nitrogens with zero attached hydrogens (tertiary/aromatic N) is 3. The van der Waals surface area contributed by atoms with Gasteiger partial charge in [0.1, 0.15) is 0 Å². The fourth-order valence-electron chi connectivity index (χ4n) is 2.89. The summed E-state index contributed by atoms with van der Waals surface area (Å²) in [7, 11) is -1.04. The largest absolute Gasteiger partial charge is 0.480 e. The van der Waals surface area contributed by atoms with Crippen LogP contribution in [0.15, 0.2) is 0 Å². The molecule has 0 aliphatic carbocycles. The third kappa shape index (κ3) is 18.2. The molecule has 2 radical (unpaired) electrons. The molecule has 0 aromatic carbocycles. The van der Waals surface area contributed by atoms with E-state index in [0.717, 1.165) is 14.7 Å². The molecule has 0 saturated heterocycles. The van der Waals surface area contributed by atoms with Crippen molar-refractivity contribution in [1.29, 1.82) is 0 Å². The molecule has 0 aliphatic rings. The molecule has 6 N–H and O–H groups in total. The number of phosphoric ester groups is 1. The molecular formula is C16H29BN3O14P3. The van der Waals surface area contributed by atoms with Crippen molar-refractivity contribution in [2.45, 2.75) is 6.04 Å². The van der Waals surface area contributed by atoms with E-state index >= 15 is 0 Å². The molecule has 4 atom stereocenters. The van der Waals surface area contributed by atoms with Crippen LogP contribution < -0.4 is 0 Å². The Morgan fingerprint density at radius 2 is 1.24 bits per heavy atom. The molecular weight excluding hydrogens is 562 g/mol. The lowest BCUT2D eigenvalue weighted by Crippen LogP contribution is -2.52. The Hall–Kier alpha value is -1.74. The van der Waals surface area contributed by atoms with Gasteiger partial charge in [0.05, 0.1) is 39.3 Å². The zero-order chi connectivity index (χ0) is 28.8. The van der Waals surface area contributed by atoms with Crippen LogP contribution in [0.25, 0.3) is 0 Å². The second-order valence-corrected chi connectivity index (χ2v) is 13.0. The topological polar surface area (TPSA) is 252 Å². The summed E-state index contributed by atoms with van der Waals surface area (Å²) in [6.07, 6.45) is 0. The van der Waals surface area contributed by atoms with Gasteiger partial charge in [-0.1, -0.05) is 8.27 Å². The number of rotatable bonds is 22. The number of hydrogen-bond donors (Lipinski definition) is 6. The molecule has 21 heteroatoms. The van der Waals surface area contributed by atoms with Crippen molar-refractivity contribution >= 4 is 61.2 Å². The third-order valence-electron chi connectivity index (χ3n) is 4.31. The number of hydrogen-bond acceptors (Lipinski definition) is 11. The first kappa shape index (κ1) is 35.3. The van der Waals surface area contributed by atoms with Crippen LogP contribution in [0.1, 0.15) is 0 Å². The summed E-state index contributed by atoms with van der Waals surface area (Å²) < 4.78 is 21.9. The molecule has 37 heavy (non-hydrogen) atoms. The van der Waals surface area contributed by atoms with Gasteiger partial charge in [-0.15, -0.1) is 0 Å². The standard InChI is InChI=1S/C16H29BN3O14P3/c1-35-36(17)34-37(31,32)33-10-11(20(8-15(27)28)9-16(29)30)4-18(5-12(21)22)2-3-19(6-13(23)24)7-14(25)26/h11,35H,2-10H2,1H3,(H,21,22)(H,23,24)(H,25,26)(H,27,28)(H,29,30)(H,31,32). The van der Waals surface area contributed by atoms with Gasteiger partial charge in [0.2, 0.25) is 0 Å². The average molecular weight is 591 g/mol. The summed E-state index contributed by atoms with van der Waals surface area (Å²) in [5, 5.41) is 45.6. The molecule has 0 aliphatic heterocycles. The Labute approximate surface area is 215 Å². The van der Waals surface area contributed by atoms with Crippen LogP contribution >= 0.6 is 23.8 Å². The Morgan fingerprint density at radius 3 is 1.65 bits per heavy atom. The van der Waals surface area contributed by atoms with Crippen LogP contribution in [0.4, 0.5) is 0 Å². The molecule has 0 heterocycles. The highest BCUT2D eigenvalue weighted by molar-refractivity contribution is 8.30. The van der Waals surface area contributed by atoms with Gasteiger partial charge >= 0.3 is 37.7 Å². The molecule has 17 nitrogen and oxygen atoms in total. The van der Waals surface area contributed by atoms with Crippen LogP contribution in [0.3, 0.4) is 0 Å². The van der Waals surface area contributed by atoms with Gasteiger partial charge in [-0.2, -0.15) is 0 Å². The number of carboxylic acids is 5. The zero-order valence-electron chi connectivity index (χ0n) is 19.7. The normalized spacial score (nSPS) is 15.2. The quantitative estimate of drug-likeness (QED) is 0.0620. The van der Waals surface area contributed by atoms with E-state index in [4.69, 9.17) is 26.6 Å². The van der Waals surface area contributed by atoms with Gasteiger partial charge < -0.3 is 30.4 Å².